The number of hydrogen-bond acceptors (Lipinski definition) is 3. The molecule has 0 atom stereocenters. The Labute approximate surface area is 125 Å². The first-order valence-electron chi connectivity index (χ1n) is 2.78. The van der Waals surface area contributed by atoms with Crippen LogP contribution < -0.4 is 0 Å². The molecule has 0 saturated carbocycles. The third kappa shape index (κ3) is 18200. The van der Waals surface area contributed by atoms with Crippen LogP contribution in [0.2, 0.25) is 0 Å². The molecule has 0 rings (SSSR count). The number of hydrogen-bond donors (Lipinski definition) is 3. The van der Waals surface area contributed by atoms with Gasteiger partial charge < -0.3 is 31.7 Å². The molecule has 16 heavy (non-hydrogen) atoms. The summed E-state index contributed by atoms with van der Waals surface area (Å²) in [5.41, 5.74) is 0. The number of aliphatic carboxylic acids is 3. The molecule has 0 aliphatic rings. The summed E-state index contributed by atoms with van der Waals surface area (Å²) in [7, 11) is 0. The molecule has 1 radical (unpaired) electrons. The molecule has 0 aliphatic carbocycles. The summed E-state index contributed by atoms with van der Waals surface area (Å²) in [6, 6.07) is 0. The molecule has 0 unspecified atom stereocenters. The second-order valence-electron chi connectivity index (χ2n) is 1.56. The third-order valence-corrected chi connectivity index (χ3v) is 0. The maximum absolute atomic E-state index is 9.00. The van der Waals surface area contributed by atoms with Gasteiger partial charge in [-0.05, 0) is 0 Å². The van der Waals surface area contributed by atoms with Crippen molar-refractivity contribution < 1.29 is 87.4 Å². The molecular formula is C6H18O9Pr. The summed E-state index contributed by atoms with van der Waals surface area (Å²) >= 11 is 0. The fourth-order valence-electron chi connectivity index (χ4n) is 0. The van der Waals surface area contributed by atoms with Crippen molar-refractivity contribution in [2.45, 2.75) is 20.8 Å². The van der Waals surface area contributed by atoms with Gasteiger partial charge in [0.05, 0.1) is 0 Å². The zero-order chi connectivity index (χ0) is 10.7. The van der Waals surface area contributed by atoms with Gasteiger partial charge in [0.15, 0.2) is 0 Å². The van der Waals surface area contributed by atoms with Crippen LogP contribution in [-0.4, -0.2) is 49.7 Å². The number of carboxylic acids is 3. The Morgan fingerprint density at radius 3 is 0.625 bits per heavy atom. The van der Waals surface area contributed by atoms with Crippen LogP contribution in [0.25, 0.3) is 0 Å². The van der Waals surface area contributed by atoms with E-state index in [0.717, 1.165) is 20.8 Å². The van der Waals surface area contributed by atoms with Crippen LogP contribution in [0.15, 0.2) is 0 Å². The van der Waals surface area contributed by atoms with Crippen molar-refractivity contribution in [3.8, 4) is 0 Å². The molecule has 0 aliphatic heterocycles. The predicted molar refractivity (Wildman–Crippen MR) is 50.8 cm³/mol. The summed E-state index contributed by atoms with van der Waals surface area (Å²) in [5, 5.41) is 22.2. The monoisotopic (exact) mass is 375 g/mol. The van der Waals surface area contributed by atoms with E-state index in [2.05, 4.69) is 0 Å². The van der Waals surface area contributed by atoms with Gasteiger partial charge >= 0.3 is 0 Å². The van der Waals surface area contributed by atoms with Gasteiger partial charge in [-0.2, -0.15) is 0 Å². The normalized spacial score (nSPS) is 4.69. The number of carboxylic acid groups (broad SMARTS) is 3. The molecule has 10 heteroatoms. The van der Waals surface area contributed by atoms with Gasteiger partial charge in [0.25, 0.3) is 17.9 Å². The van der Waals surface area contributed by atoms with Gasteiger partial charge in [-0.1, -0.05) is 0 Å². The molecule has 0 aromatic rings. The fraction of sp³-hybridized carbons (Fsp3) is 0.500. The minimum Gasteiger partial charge on any atom is -0.481 e. The second kappa shape index (κ2) is 36.5. The molecule has 0 fully saturated rings. The van der Waals surface area contributed by atoms with Gasteiger partial charge in [-0.25, -0.2) is 0 Å². The van der Waals surface area contributed by atoms with Crippen molar-refractivity contribution in [1.29, 1.82) is 0 Å². The van der Waals surface area contributed by atoms with E-state index < -0.39 is 17.9 Å². The maximum Gasteiger partial charge on any atom is 0.300 e. The largest absolute Gasteiger partial charge is 0.481 e. The minimum atomic E-state index is -0.833. The average molecular weight is 375 g/mol. The van der Waals surface area contributed by atoms with Crippen molar-refractivity contribution in [3.63, 3.8) is 0 Å². The molecule has 0 aromatic carbocycles. The van der Waals surface area contributed by atoms with Crippen LogP contribution in [0.4, 0.5) is 0 Å². The summed E-state index contributed by atoms with van der Waals surface area (Å²) in [6.07, 6.45) is 0. The Morgan fingerprint density at radius 1 is 0.625 bits per heavy atom. The third-order valence-electron chi connectivity index (χ3n) is 0. The smallest absolute Gasteiger partial charge is 0.300 e. The first kappa shape index (κ1) is 44.9. The molecule has 0 saturated heterocycles. The molecule has 9 N–H and O–H groups in total. The Bertz CT molecular complexity index is 118. The van der Waals surface area contributed by atoms with Gasteiger partial charge in [-0.15, -0.1) is 0 Å². The van der Waals surface area contributed by atoms with E-state index in [0.29, 0.717) is 0 Å². The first-order chi connectivity index (χ1) is 5.20. The summed E-state index contributed by atoms with van der Waals surface area (Å²) in [5.74, 6) is -2.50. The average Bonchev–Trinajstić information content (AvgIpc) is 1.54. The van der Waals surface area contributed by atoms with E-state index in [1.165, 1.54) is 0 Å². The fourth-order valence-corrected chi connectivity index (χ4v) is 0. The standard InChI is InChI=1S/3C2H4O2.3H2O.Pr/c3*1-2(3)4;;;;/h3*1H3,(H,3,4);3*1H2;. The van der Waals surface area contributed by atoms with E-state index >= 15 is 0 Å². The topological polar surface area (TPSA) is 206 Å². The van der Waals surface area contributed by atoms with Crippen LogP contribution in [-0.2, 0) is 14.4 Å². The SMILES string of the molecule is CC(=O)O.CC(=O)O.CC(=O)O.O.O.O.[Pr]. The van der Waals surface area contributed by atoms with E-state index in [1.807, 2.05) is 0 Å². The summed E-state index contributed by atoms with van der Waals surface area (Å²) < 4.78 is 0. The Morgan fingerprint density at radius 2 is 0.625 bits per heavy atom. The van der Waals surface area contributed by atoms with Crippen LogP contribution in [0, 0.1) is 41.3 Å². The van der Waals surface area contributed by atoms with E-state index in [-0.39, 0.29) is 57.7 Å². The summed E-state index contributed by atoms with van der Waals surface area (Å²) in [6.45, 7) is 3.25. The zero-order valence-corrected chi connectivity index (χ0v) is 12.8. The second-order valence-corrected chi connectivity index (χ2v) is 1.56. The van der Waals surface area contributed by atoms with Gasteiger partial charge in [0.1, 0.15) is 0 Å². The molecule has 0 heterocycles. The van der Waals surface area contributed by atoms with E-state index in [1.54, 1.807) is 0 Å². The van der Waals surface area contributed by atoms with Crippen molar-refractivity contribution in [2.24, 2.45) is 0 Å². The Kier molecular flexibility index (Phi) is 102. The van der Waals surface area contributed by atoms with Crippen LogP contribution in [0.5, 0.6) is 0 Å². The molecular weight excluding hydrogens is 357 g/mol. The van der Waals surface area contributed by atoms with Crippen molar-refractivity contribution in [2.75, 3.05) is 0 Å². The van der Waals surface area contributed by atoms with Crippen molar-refractivity contribution in [1.82, 2.24) is 0 Å². The number of rotatable bonds is 0. The maximum atomic E-state index is 9.00. The molecule has 0 amide bonds. The first-order valence-corrected chi connectivity index (χ1v) is 2.78. The van der Waals surface area contributed by atoms with Crippen molar-refractivity contribution >= 4 is 17.9 Å². The molecule has 0 aromatic heterocycles. The van der Waals surface area contributed by atoms with Crippen molar-refractivity contribution in [3.05, 3.63) is 0 Å². The van der Waals surface area contributed by atoms with Gasteiger partial charge in [-0.3, -0.25) is 14.4 Å². The Hall–Kier alpha value is -0.346. The number of carbonyl (C=O) groups is 3. The molecule has 0 spiro atoms. The predicted octanol–water partition coefficient (Wildman–Crippen LogP) is -2.20. The van der Waals surface area contributed by atoms with Crippen LogP contribution in [0.3, 0.4) is 0 Å². The molecule has 99 valence electrons. The minimum absolute atomic E-state index is 0. The quantitative estimate of drug-likeness (QED) is 0.428. The Balaban J connectivity index is -0.0000000135. The van der Waals surface area contributed by atoms with Crippen LogP contribution >= 0.6 is 0 Å². The van der Waals surface area contributed by atoms with Crippen LogP contribution in [0.1, 0.15) is 20.8 Å². The zero-order valence-electron chi connectivity index (χ0n) is 9.14. The molecule has 9 nitrogen and oxygen atoms in total. The van der Waals surface area contributed by atoms with E-state index in [4.69, 9.17) is 29.7 Å². The molecule has 0 bridgehead atoms. The van der Waals surface area contributed by atoms with Gasteiger partial charge in [0.2, 0.25) is 0 Å². The van der Waals surface area contributed by atoms with E-state index in [9.17, 15) is 0 Å². The summed E-state index contributed by atoms with van der Waals surface area (Å²) in [4.78, 5) is 27.0. The van der Waals surface area contributed by atoms with Gasteiger partial charge in [0, 0.05) is 62.1 Å².